The third kappa shape index (κ3) is 3.82. The Morgan fingerprint density at radius 3 is 1.10 bits per heavy atom. The van der Waals surface area contributed by atoms with Crippen LogP contribution in [-0.4, -0.2) is 0 Å². The van der Waals surface area contributed by atoms with E-state index in [4.69, 9.17) is 0 Å². The molecule has 0 nitrogen and oxygen atoms in total. The minimum atomic E-state index is -0.134. The predicted octanol–water partition coefficient (Wildman–Crippen LogP) is 14.2. The SMILES string of the molecule is CC1(C)c2cc3c(cc2-c2c1ccc1ccccc21)c(-c1ccccc1)c(-c1ccccc1)c1cc2c(cc13)C(C)(C)c1ccc3ccccc3c1-2. The van der Waals surface area contributed by atoms with Gasteiger partial charge in [-0.25, -0.2) is 0 Å². The lowest BCUT2D eigenvalue weighted by molar-refractivity contribution is 0.661. The van der Waals surface area contributed by atoms with Gasteiger partial charge in [-0.1, -0.05) is 161 Å². The Labute approximate surface area is 305 Å². The van der Waals surface area contributed by atoms with Crippen molar-refractivity contribution >= 4 is 43.1 Å². The number of hydrogen-bond donors (Lipinski definition) is 0. The van der Waals surface area contributed by atoms with E-state index in [1.54, 1.807) is 0 Å². The van der Waals surface area contributed by atoms with Crippen LogP contribution in [0.2, 0.25) is 0 Å². The Hall–Kier alpha value is -5.98. The first kappa shape index (κ1) is 29.7. The maximum Gasteiger partial charge on any atom is 0.0159 e. The van der Waals surface area contributed by atoms with Crippen LogP contribution in [0.15, 0.2) is 158 Å². The molecule has 2 aliphatic carbocycles. The zero-order chi connectivity index (χ0) is 34.9. The van der Waals surface area contributed by atoms with Crippen LogP contribution in [0.5, 0.6) is 0 Å². The summed E-state index contributed by atoms with van der Waals surface area (Å²) in [5, 5.41) is 10.5. The van der Waals surface area contributed by atoms with Crippen LogP contribution in [0.1, 0.15) is 49.9 Å². The van der Waals surface area contributed by atoms with Gasteiger partial charge >= 0.3 is 0 Å². The second kappa shape index (κ2) is 10.3. The van der Waals surface area contributed by atoms with Gasteiger partial charge in [0.25, 0.3) is 0 Å². The fourth-order valence-electron chi connectivity index (χ4n) is 10.0. The molecule has 0 aliphatic heterocycles. The van der Waals surface area contributed by atoms with Gasteiger partial charge in [-0.05, 0) is 134 Å². The Morgan fingerprint density at radius 1 is 0.288 bits per heavy atom. The molecule has 0 aromatic heterocycles. The van der Waals surface area contributed by atoms with Gasteiger partial charge in [0.05, 0.1) is 0 Å². The quantitative estimate of drug-likeness (QED) is 0.162. The predicted molar refractivity (Wildman–Crippen MR) is 222 cm³/mol. The maximum absolute atomic E-state index is 2.57. The topological polar surface area (TPSA) is 0 Å². The van der Waals surface area contributed by atoms with Gasteiger partial charge in [-0.3, -0.25) is 0 Å². The van der Waals surface area contributed by atoms with E-state index in [9.17, 15) is 0 Å². The monoisotopic (exact) mass is 662 g/mol. The molecule has 0 atom stereocenters. The first-order chi connectivity index (χ1) is 25.3. The standard InChI is InChI=1S/C52H38/c1-51(2)43-25-23-31-15-11-13-21-35(31)49(43)41-27-39-37(29-45(41)51)38-30-46-42(50-36-22-14-12-16-32(36)24-26-44(50)52(46,3)4)28-40(38)48(34-19-9-6-10-20-34)47(39)33-17-7-5-8-18-33/h5-30H,1-4H3. The molecule has 11 rings (SSSR count). The summed E-state index contributed by atoms with van der Waals surface area (Å²) in [7, 11) is 0. The molecule has 0 heterocycles. The van der Waals surface area contributed by atoms with E-state index in [1.165, 1.54) is 110 Å². The fraction of sp³-hybridized carbons (Fsp3) is 0.115. The highest BCUT2D eigenvalue weighted by Crippen LogP contribution is 2.57. The van der Waals surface area contributed by atoms with Crippen molar-refractivity contribution in [3.05, 3.63) is 180 Å². The molecule has 0 saturated carbocycles. The van der Waals surface area contributed by atoms with Gasteiger partial charge in [0.15, 0.2) is 0 Å². The Balaban J connectivity index is 1.36. The molecular weight excluding hydrogens is 625 g/mol. The summed E-state index contributed by atoms with van der Waals surface area (Å²) < 4.78 is 0. The van der Waals surface area contributed by atoms with Gasteiger partial charge < -0.3 is 0 Å². The lowest BCUT2D eigenvalue weighted by Gasteiger charge is -2.25. The summed E-state index contributed by atoms with van der Waals surface area (Å²) in [6, 6.07) is 59.7. The lowest BCUT2D eigenvalue weighted by Crippen LogP contribution is -2.15. The largest absolute Gasteiger partial charge is 0.0622 e. The smallest absolute Gasteiger partial charge is 0.0159 e. The number of benzene rings is 9. The molecule has 0 saturated heterocycles. The summed E-state index contributed by atoms with van der Waals surface area (Å²) in [4.78, 5) is 0. The fourth-order valence-corrected chi connectivity index (χ4v) is 10.0. The molecule has 0 unspecified atom stereocenters. The van der Waals surface area contributed by atoms with Crippen molar-refractivity contribution < 1.29 is 0 Å². The van der Waals surface area contributed by atoms with E-state index in [0.29, 0.717) is 0 Å². The van der Waals surface area contributed by atoms with Crippen LogP contribution in [0.3, 0.4) is 0 Å². The molecule has 2 aliphatic rings. The van der Waals surface area contributed by atoms with E-state index < -0.39 is 0 Å². The lowest BCUT2D eigenvalue weighted by atomic mass is 9.78. The van der Waals surface area contributed by atoms with E-state index in [2.05, 4.69) is 185 Å². The molecule has 246 valence electrons. The molecular formula is C52H38. The summed E-state index contributed by atoms with van der Waals surface area (Å²) in [5.41, 5.74) is 16.0. The average Bonchev–Trinajstić information content (AvgIpc) is 3.55. The highest BCUT2D eigenvalue weighted by molar-refractivity contribution is 6.24. The normalized spacial score (nSPS) is 14.8. The van der Waals surface area contributed by atoms with Crippen molar-refractivity contribution in [3.63, 3.8) is 0 Å². The van der Waals surface area contributed by atoms with Crippen LogP contribution in [0.25, 0.3) is 87.6 Å². The molecule has 0 N–H and O–H groups in total. The van der Waals surface area contributed by atoms with Crippen molar-refractivity contribution in [1.29, 1.82) is 0 Å². The molecule has 0 amide bonds. The third-order valence-corrected chi connectivity index (χ3v) is 12.6. The minimum Gasteiger partial charge on any atom is -0.0622 e. The first-order valence-corrected chi connectivity index (χ1v) is 18.6. The van der Waals surface area contributed by atoms with Crippen LogP contribution < -0.4 is 0 Å². The average molecular weight is 663 g/mol. The van der Waals surface area contributed by atoms with Crippen LogP contribution in [-0.2, 0) is 10.8 Å². The molecule has 0 spiro atoms. The van der Waals surface area contributed by atoms with E-state index in [-0.39, 0.29) is 10.8 Å². The van der Waals surface area contributed by atoms with Crippen LogP contribution in [0.4, 0.5) is 0 Å². The van der Waals surface area contributed by atoms with Gasteiger partial charge in [-0.2, -0.15) is 0 Å². The Kier molecular flexibility index (Phi) is 5.89. The van der Waals surface area contributed by atoms with E-state index in [0.717, 1.165) is 0 Å². The minimum absolute atomic E-state index is 0.134. The second-order valence-corrected chi connectivity index (χ2v) is 16.0. The zero-order valence-corrected chi connectivity index (χ0v) is 30.0. The van der Waals surface area contributed by atoms with Crippen LogP contribution >= 0.6 is 0 Å². The molecule has 9 aromatic rings. The molecule has 0 bridgehead atoms. The van der Waals surface area contributed by atoms with E-state index >= 15 is 0 Å². The Morgan fingerprint density at radius 2 is 0.673 bits per heavy atom. The van der Waals surface area contributed by atoms with Gasteiger partial charge in [0, 0.05) is 10.8 Å². The van der Waals surface area contributed by atoms with Crippen LogP contribution in [0, 0.1) is 0 Å². The first-order valence-electron chi connectivity index (χ1n) is 18.6. The van der Waals surface area contributed by atoms with Crippen molar-refractivity contribution in [2.75, 3.05) is 0 Å². The third-order valence-electron chi connectivity index (χ3n) is 12.6. The summed E-state index contributed by atoms with van der Waals surface area (Å²) in [5.74, 6) is 0. The molecule has 0 radical (unpaired) electrons. The summed E-state index contributed by atoms with van der Waals surface area (Å²) in [6.45, 7) is 9.66. The van der Waals surface area contributed by atoms with Crippen molar-refractivity contribution in [2.45, 2.75) is 38.5 Å². The number of fused-ring (bicyclic) bond motifs is 13. The van der Waals surface area contributed by atoms with Gasteiger partial charge in [0.1, 0.15) is 0 Å². The van der Waals surface area contributed by atoms with Gasteiger partial charge in [-0.15, -0.1) is 0 Å². The molecule has 9 aromatic carbocycles. The van der Waals surface area contributed by atoms with Crippen molar-refractivity contribution in [3.8, 4) is 44.5 Å². The highest BCUT2D eigenvalue weighted by atomic mass is 14.4. The highest BCUT2D eigenvalue weighted by Gasteiger charge is 2.39. The number of hydrogen-bond acceptors (Lipinski definition) is 0. The van der Waals surface area contributed by atoms with Crippen molar-refractivity contribution in [2.24, 2.45) is 0 Å². The second-order valence-electron chi connectivity index (χ2n) is 16.0. The zero-order valence-electron chi connectivity index (χ0n) is 30.0. The van der Waals surface area contributed by atoms with Crippen molar-refractivity contribution in [1.82, 2.24) is 0 Å². The molecule has 52 heavy (non-hydrogen) atoms. The molecule has 0 heteroatoms. The summed E-state index contributed by atoms with van der Waals surface area (Å²) in [6.07, 6.45) is 0. The van der Waals surface area contributed by atoms with E-state index in [1.807, 2.05) is 0 Å². The number of rotatable bonds is 2. The maximum atomic E-state index is 2.57. The Bertz CT molecular complexity index is 2770. The summed E-state index contributed by atoms with van der Waals surface area (Å²) >= 11 is 0. The molecule has 0 fully saturated rings. The van der Waals surface area contributed by atoms with Gasteiger partial charge in [0.2, 0.25) is 0 Å².